The van der Waals surface area contributed by atoms with E-state index in [1.54, 1.807) is 6.07 Å². The minimum atomic E-state index is -1.19. The van der Waals surface area contributed by atoms with Gasteiger partial charge in [-0.2, -0.15) is 0 Å². The summed E-state index contributed by atoms with van der Waals surface area (Å²) in [4.78, 5) is 15.1. The minimum Gasteiger partial charge on any atom is -0.475 e. The molecule has 2 rings (SSSR count). The fourth-order valence-electron chi connectivity index (χ4n) is 1.71. The van der Waals surface area contributed by atoms with Crippen LogP contribution < -0.4 is 0 Å². The van der Waals surface area contributed by atoms with Crippen LogP contribution >= 0.6 is 22.6 Å². The summed E-state index contributed by atoms with van der Waals surface area (Å²) in [6, 6.07) is 4.24. The van der Waals surface area contributed by atoms with Gasteiger partial charge in [-0.1, -0.05) is 20.8 Å². The van der Waals surface area contributed by atoms with Crippen molar-refractivity contribution < 1.29 is 14.3 Å². The van der Waals surface area contributed by atoms with Crippen molar-refractivity contribution in [3.63, 3.8) is 0 Å². The smallest absolute Gasteiger partial charge is 0.375 e. The fraction of sp³-hybridized carbons (Fsp3) is 0.308. The molecular formula is C13H13FIN3O2. The molecule has 106 valence electrons. The third kappa shape index (κ3) is 2.82. The lowest BCUT2D eigenvalue weighted by molar-refractivity contribution is 0.0683. The van der Waals surface area contributed by atoms with Crippen LogP contribution in [0, 0.1) is 9.39 Å². The van der Waals surface area contributed by atoms with Crippen molar-refractivity contribution in [3.8, 4) is 5.69 Å². The Balaban J connectivity index is 2.69. The van der Waals surface area contributed by atoms with E-state index in [-0.39, 0.29) is 11.6 Å². The Bertz CT molecular complexity index is 677. The van der Waals surface area contributed by atoms with Crippen molar-refractivity contribution in [2.75, 3.05) is 0 Å². The number of benzene rings is 1. The number of halogens is 2. The first-order valence-electron chi connectivity index (χ1n) is 5.86. The van der Waals surface area contributed by atoms with Crippen LogP contribution in [0.25, 0.3) is 5.69 Å². The quantitative estimate of drug-likeness (QED) is 0.802. The molecule has 0 saturated heterocycles. The number of hydrogen-bond acceptors (Lipinski definition) is 3. The van der Waals surface area contributed by atoms with Crippen LogP contribution in [0.2, 0.25) is 0 Å². The van der Waals surface area contributed by atoms with Crippen LogP contribution in [0.1, 0.15) is 37.2 Å². The number of aromatic nitrogens is 3. The summed E-state index contributed by atoms with van der Waals surface area (Å²) < 4.78 is 15.3. The van der Waals surface area contributed by atoms with Crippen LogP contribution in [-0.2, 0) is 5.41 Å². The van der Waals surface area contributed by atoms with Crippen molar-refractivity contribution in [2.45, 2.75) is 26.2 Å². The van der Waals surface area contributed by atoms with Crippen LogP contribution in [0.15, 0.2) is 18.2 Å². The zero-order chi connectivity index (χ0) is 15.1. The van der Waals surface area contributed by atoms with Crippen LogP contribution in [-0.4, -0.2) is 25.8 Å². The van der Waals surface area contributed by atoms with Crippen molar-refractivity contribution >= 4 is 28.6 Å². The molecule has 7 heteroatoms. The molecule has 0 atom stereocenters. The average molecular weight is 389 g/mol. The van der Waals surface area contributed by atoms with Crippen molar-refractivity contribution in [1.82, 2.24) is 14.8 Å². The van der Waals surface area contributed by atoms with Crippen LogP contribution in [0.5, 0.6) is 0 Å². The van der Waals surface area contributed by atoms with Crippen LogP contribution in [0.4, 0.5) is 4.39 Å². The van der Waals surface area contributed by atoms with E-state index in [0.717, 1.165) is 0 Å². The van der Waals surface area contributed by atoms with E-state index in [1.807, 2.05) is 43.4 Å². The molecule has 1 heterocycles. The number of aromatic carboxylic acids is 1. The number of carboxylic acids is 1. The van der Waals surface area contributed by atoms with Gasteiger partial charge in [-0.15, -0.1) is 5.10 Å². The van der Waals surface area contributed by atoms with E-state index in [9.17, 15) is 9.18 Å². The van der Waals surface area contributed by atoms with Gasteiger partial charge in [0.15, 0.2) is 0 Å². The highest BCUT2D eigenvalue weighted by atomic mass is 127. The minimum absolute atomic E-state index is 0.268. The van der Waals surface area contributed by atoms with Crippen molar-refractivity contribution in [1.29, 1.82) is 0 Å². The van der Waals surface area contributed by atoms with Gasteiger partial charge in [-0.3, -0.25) is 0 Å². The van der Waals surface area contributed by atoms with E-state index in [2.05, 4.69) is 10.1 Å². The normalized spacial score (nSPS) is 11.7. The SMILES string of the molecule is CC(C)(C)c1nc(C(=O)O)nn1-c1ccc(F)cc1I. The molecule has 0 bridgehead atoms. The second-order valence-corrected chi connectivity index (χ2v) is 6.48. The first-order valence-corrected chi connectivity index (χ1v) is 6.94. The van der Waals surface area contributed by atoms with Gasteiger partial charge in [-0.05, 0) is 40.8 Å². The molecule has 0 aliphatic heterocycles. The number of rotatable bonds is 2. The van der Waals surface area contributed by atoms with Crippen LogP contribution in [0.3, 0.4) is 0 Å². The topological polar surface area (TPSA) is 68.0 Å². The molecule has 0 saturated carbocycles. The maximum atomic E-state index is 13.2. The molecule has 0 fully saturated rings. The average Bonchev–Trinajstić information content (AvgIpc) is 2.73. The predicted octanol–water partition coefficient (Wildman–Crippen LogP) is 3.01. The molecule has 5 nitrogen and oxygen atoms in total. The zero-order valence-corrected chi connectivity index (χ0v) is 13.3. The van der Waals surface area contributed by atoms with E-state index >= 15 is 0 Å². The first-order chi connectivity index (χ1) is 9.20. The number of hydrogen-bond donors (Lipinski definition) is 1. The van der Waals surface area contributed by atoms with Gasteiger partial charge in [-0.25, -0.2) is 18.9 Å². The lowest BCUT2D eigenvalue weighted by atomic mass is 9.95. The Labute approximate surface area is 129 Å². The molecule has 0 aliphatic carbocycles. The Morgan fingerprint density at radius 1 is 1.40 bits per heavy atom. The summed E-state index contributed by atoms with van der Waals surface area (Å²) in [6.45, 7) is 5.74. The molecule has 0 aliphatic rings. The molecule has 0 amide bonds. The molecule has 0 unspecified atom stereocenters. The highest BCUT2D eigenvalue weighted by Gasteiger charge is 2.26. The van der Waals surface area contributed by atoms with Gasteiger partial charge < -0.3 is 5.11 Å². The molecule has 0 spiro atoms. The molecule has 1 N–H and O–H groups in total. The summed E-state index contributed by atoms with van der Waals surface area (Å²) in [5.74, 6) is -1.30. The highest BCUT2D eigenvalue weighted by molar-refractivity contribution is 14.1. The van der Waals surface area contributed by atoms with Gasteiger partial charge in [0.05, 0.1) is 5.69 Å². The van der Waals surface area contributed by atoms with Crippen molar-refractivity contribution in [2.24, 2.45) is 0 Å². The third-order valence-corrected chi connectivity index (χ3v) is 3.47. The van der Waals surface area contributed by atoms with Gasteiger partial charge in [0.2, 0.25) is 0 Å². The molecular weight excluding hydrogens is 376 g/mol. The second kappa shape index (κ2) is 5.12. The molecule has 1 aromatic carbocycles. The maximum Gasteiger partial charge on any atom is 0.375 e. The zero-order valence-electron chi connectivity index (χ0n) is 11.2. The standard InChI is InChI=1S/C13H13FIN3O2/c1-13(2,3)12-16-10(11(19)20)17-18(12)9-5-4-7(14)6-8(9)15/h4-6H,1-3H3,(H,19,20). The maximum absolute atomic E-state index is 13.2. The lowest BCUT2D eigenvalue weighted by Crippen LogP contribution is -2.19. The Morgan fingerprint density at radius 2 is 2.05 bits per heavy atom. The summed E-state index contributed by atoms with van der Waals surface area (Å²) in [6.07, 6.45) is 0. The fourth-order valence-corrected chi connectivity index (χ4v) is 2.41. The molecule has 2 aromatic rings. The predicted molar refractivity (Wildman–Crippen MR) is 79.7 cm³/mol. The summed E-state index contributed by atoms with van der Waals surface area (Å²) in [5.41, 5.74) is 0.218. The number of nitrogens with zero attached hydrogens (tertiary/aromatic N) is 3. The molecule has 1 aromatic heterocycles. The van der Waals surface area contributed by atoms with Crippen molar-refractivity contribution in [3.05, 3.63) is 39.2 Å². The Kier molecular flexibility index (Phi) is 3.81. The van der Waals surface area contributed by atoms with E-state index in [1.165, 1.54) is 16.8 Å². The molecule has 20 heavy (non-hydrogen) atoms. The van der Waals surface area contributed by atoms with E-state index in [4.69, 9.17) is 5.11 Å². The summed E-state index contributed by atoms with van der Waals surface area (Å²) in [5, 5.41) is 13.1. The highest BCUT2D eigenvalue weighted by Crippen LogP contribution is 2.26. The van der Waals surface area contributed by atoms with Gasteiger partial charge in [0.1, 0.15) is 11.6 Å². The third-order valence-electron chi connectivity index (χ3n) is 2.61. The van der Waals surface area contributed by atoms with Gasteiger partial charge in [0, 0.05) is 8.99 Å². The van der Waals surface area contributed by atoms with Gasteiger partial charge >= 0.3 is 5.97 Å². The lowest BCUT2D eigenvalue weighted by Gasteiger charge is -2.18. The van der Waals surface area contributed by atoms with E-state index in [0.29, 0.717) is 15.1 Å². The summed E-state index contributed by atoms with van der Waals surface area (Å²) >= 11 is 1.98. The van der Waals surface area contributed by atoms with Gasteiger partial charge in [0.25, 0.3) is 5.82 Å². The Hall–Kier alpha value is -1.51. The molecule has 0 radical (unpaired) electrons. The first kappa shape index (κ1) is 14.9. The second-order valence-electron chi connectivity index (χ2n) is 5.32. The number of carbonyl (C=O) groups is 1. The Morgan fingerprint density at radius 3 is 2.55 bits per heavy atom. The summed E-state index contributed by atoms with van der Waals surface area (Å²) in [7, 11) is 0. The number of carboxylic acid groups (broad SMARTS) is 1. The largest absolute Gasteiger partial charge is 0.475 e. The monoisotopic (exact) mass is 389 g/mol. The van der Waals surface area contributed by atoms with E-state index < -0.39 is 11.4 Å².